The summed E-state index contributed by atoms with van der Waals surface area (Å²) in [5, 5.41) is 8.85. The van der Waals surface area contributed by atoms with Crippen LogP contribution < -0.4 is 0 Å². The van der Waals surface area contributed by atoms with Gasteiger partial charge in [-0.1, -0.05) is 11.6 Å². The number of aromatic amines is 1. The zero-order chi connectivity index (χ0) is 12.4. The third-order valence-electron chi connectivity index (χ3n) is 2.29. The van der Waals surface area contributed by atoms with Crippen LogP contribution in [0.1, 0.15) is 21.1 Å². The van der Waals surface area contributed by atoms with Crippen molar-refractivity contribution in [1.29, 1.82) is 0 Å². The highest BCUT2D eigenvalue weighted by Gasteiger charge is 2.19. The van der Waals surface area contributed by atoms with Gasteiger partial charge in [-0.15, -0.1) is 11.3 Å². The molecule has 2 heterocycles. The molecule has 5 nitrogen and oxygen atoms in total. The van der Waals surface area contributed by atoms with E-state index in [9.17, 15) is 4.79 Å². The molecule has 1 amide bonds. The van der Waals surface area contributed by atoms with E-state index in [1.807, 2.05) is 12.3 Å². The Balaban J connectivity index is 2.12. The molecule has 1 N–H and O–H groups in total. The number of H-pyrrole nitrogens is 1. The average molecular weight is 271 g/mol. The van der Waals surface area contributed by atoms with Crippen molar-refractivity contribution in [2.45, 2.75) is 13.5 Å². The van der Waals surface area contributed by atoms with Crippen molar-refractivity contribution < 1.29 is 4.79 Å². The molecule has 17 heavy (non-hydrogen) atoms. The monoisotopic (exact) mass is 270 g/mol. The lowest BCUT2D eigenvalue weighted by atomic mass is 10.3. The van der Waals surface area contributed by atoms with Gasteiger partial charge in [-0.3, -0.25) is 9.89 Å². The molecular weight excluding hydrogens is 260 g/mol. The van der Waals surface area contributed by atoms with Crippen molar-refractivity contribution in [1.82, 2.24) is 20.1 Å². The average Bonchev–Trinajstić information content (AvgIpc) is 2.90. The fourth-order valence-corrected chi connectivity index (χ4v) is 2.62. The van der Waals surface area contributed by atoms with Gasteiger partial charge in [0.05, 0.1) is 11.6 Å². The Labute approximate surface area is 107 Å². The van der Waals surface area contributed by atoms with Crippen molar-refractivity contribution in [3.63, 3.8) is 0 Å². The molecule has 2 rings (SSSR count). The Kier molecular flexibility index (Phi) is 3.44. The number of nitrogens with zero attached hydrogens (tertiary/aromatic N) is 3. The fraction of sp³-hybridized carbons (Fsp3) is 0.300. The van der Waals surface area contributed by atoms with Gasteiger partial charge in [0.2, 0.25) is 0 Å². The Morgan fingerprint density at radius 3 is 2.94 bits per heavy atom. The maximum absolute atomic E-state index is 12.1. The molecule has 90 valence electrons. The molecule has 7 heteroatoms. The lowest BCUT2D eigenvalue weighted by molar-refractivity contribution is 0.0786. The van der Waals surface area contributed by atoms with Crippen molar-refractivity contribution in [2.24, 2.45) is 0 Å². The van der Waals surface area contributed by atoms with Crippen LogP contribution in [0.3, 0.4) is 0 Å². The summed E-state index contributed by atoms with van der Waals surface area (Å²) in [7, 11) is 1.70. The molecule has 2 aromatic rings. The lowest BCUT2D eigenvalue weighted by Crippen LogP contribution is -2.26. The number of nitrogens with one attached hydrogen (secondary N) is 1. The van der Waals surface area contributed by atoms with Gasteiger partial charge in [-0.05, 0) is 17.9 Å². The molecule has 0 radical (unpaired) electrons. The van der Waals surface area contributed by atoms with Crippen LogP contribution >= 0.6 is 22.9 Å². The molecule has 0 bridgehead atoms. The first-order valence-electron chi connectivity index (χ1n) is 4.93. The van der Waals surface area contributed by atoms with Crippen LogP contribution in [0.2, 0.25) is 5.02 Å². The molecule has 0 aliphatic rings. The molecule has 0 saturated heterocycles. The summed E-state index contributed by atoms with van der Waals surface area (Å²) in [6, 6.07) is 0. The van der Waals surface area contributed by atoms with E-state index in [1.54, 1.807) is 11.9 Å². The summed E-state index contributed by atoms with van der Waals surface area (Å²) in [4.78, 5) is 18.2. The fourth-order valence-electron chi connectivity index (χ4n) is 1.35. The van der Waals surface area contributed by atoms with E-state index in [0.29, 0.717) is 22.3 Å². The quantitative estimate of drug-likeness (QED) is 0.929. The van der Waals surface area contributed by atoms with Gasteiger partial charge >= 0.3 is 0 Å². The molecule has 0 atom stereocenters. The molecule has 2 aromatic heterocycles. The van der Waals surface area contributed by atoms with E-state index in [0.717, 1.165) is 5.56 Å². The second-order valence-electron chi connectivity index (χ2n) is 3.66. The van der Waals surface area contributed by atoms with Gasteiger partial charge in [0.25, 0.3) is 5.91 Å². The van der Waals surface area contributed by atoms with Gasteiger partial charge in [0.15, 0.2) is 0 Å². The minimum Gasteiger partial charge on any atom is -0.333 e. The summed E-state index contributed by atoms with van der Waals surface area (Å²) in [6.45, 7) is 2.26. The first-order chi connectivity index (χ1) is 8.09. The third-order valence-corrected chi connectivity index (χ3v) is 3.98. The normalized spacial score (nSPS) is 10.5. The summed E-state index contributed by atoms with van der Waals surface area (Å²) >= 11 is 7.41. The van der Waals surface area contributed by atoms with Gasteiger partial charge in [0.1, 0.15) is 17.0 Å². The second kappa shape index (κ2) is 4.85. The number of aryl methyl sites for hydroxylation is 1. The van der Waals surface area contributed by atoms with Crippen molar-refractivity contribution in [3.05, 3.63) is 33.0 Å². The smallest absolute Gasteiger partial charge is 0.265 e. The highest BCUT2D eigenvalue weighted by Crippen LogP contribution is 2.28. The zero-order valence-electron chi connectivity index (χ0n) is 9.40. The third kappa shape index (κ3) is 2.48. The number of rotatable bonds is 3. The molecule has 0 saturated carbocycles. The number of aromatic nitrogens is 3. The van der Waals surface area contributed by atoms with Crippen LogP contribution in [0.5, 0.6) is 0 Å². The van der Waals surface area contributed by atoms with Crippen LogP contribution in [-0.4, -0.2) is 33.0 Å². The number of hydrogen-bond donors (Lipinski definition) is 1. The standard InChI is InChI=1S/C10H11ClN4OS/c1-6-4-17-9(8(6)11)10(16)15(2)3-7-12-5-13-14-7/h4-5H,3H2,1-2H3,(H,12,13,14). The van der Waals surface area contributed by atoms with Crippen LogP contribution in [0.25, 0.3) is 0 Å². The van der Waals surface area contributed by atoms with Crippen LogP contribution in [0.15, 0.2) is 11.7 Å². The van der Waals surface area contributed by atoms with Crippen LogP contribution in [0.4, 0.5) is 0 Å². The number of amides is 1. The highest BCUT2D eigenvalue weighted by atomic mass is 35.5. The maximum Gasteiger partial charge on any atom is 0.265 e. The first kappa shape index (κ1) is 12.1. The Morgan fingerprint density at radius 2 is 2.41 bits per heavy atom. The summed E-state index contributed by atoms with van der Waals surface area (Å²) in [5.41, 5.74) is 0.924. The molecule has 0 aliphatic heterocycles. The van der Waals surface area contributed by atoms with Crippen molar-refractivity contribution in [3.8, 4) is 0 Å². The number of hydrogen-bond acceptors (Lipinski definition) is 4. The molecule has 0 aliphatic carbocycles. The van der Waals surface area contributed by atoms with Gasteiger partial charge in [-0.2, -0.15) is 5.10 Å². The van der Waals surface area contributed by atoms with E-state index in [4.69, 9.17) is 11.6 Å². The Morgan fingerprint density at radius 1 is 1.65 bits per heavy atom. The Bertz CT molecular complexity index is 522. The Hall–Kier alpha value is -1.40. The second-order valence-corrected chi connectivity index (χ2v) is 4.91. The SMILES string of the molecule is Cc1csc(C(=O)N(C)Cc2ncn[nH]2)c1Cl. The summed E-state index contributed by atoms with van der Waals surface area (Å²) in [6.07, 6.45) is 1.41. The zero-order valence-corrected chi connectivity index (χ0v) is 11.0. The summed E-state index contributed by atoms with van der Waals surface area (Å²) in [5.74, 6) is 0.537. The largest absolute Gasteiger partial charge is 0.333 e. The highest BCUT2D eigenvalue weighted by molar-refractivity contribution is 7.13. The lowest BCUT2D eigenvalue weighted by Gasteiger charge is -2.14. The number of thiophene rings is 1. The van der Waals surface area contributed by atoms with E-state index in [-0.39, 0.29) is 5.91 Å². The number of carbonyl (C=O) groups excluding carboxylic acids is 1. The van der Waals surface area contributed by atoms with Crippen molar-refractivity contribution in [2.75, 3.05) is 7.05 Å². The molecule has 0 unspecified atom stereocenters. The van der Waals surface area contributed by atoms with Crippen LogP contribution in [-0.2, 0) is 6.54 Å². The minimum absolute atomic E-state index is 0.107. The molecule has 0 spiro atoms. The predicted octanol–water partition coefficient (Wildman–Crippen LogP) is 2.10. The minimum atomic E-state index is -0.107. The van der Waals surface area contributed by atoms with E-state index in [1.165, 1.54) is 17.7 Å². The van der Waals surface area contributed by atoms with Crippen LogP contribution in [0, 0.1) is 6.92 Å². The van der Waals surface area contributed by atoms with E-state index < -0.39 is 0 Å². The number of carbonyl (C=O) groups is 1. The number of halogens is 1. The molecule has 0 aromatic carbocycles. The van der Waals surface area contributed by atoms with E-state index >= 15 is 0 Å². The van der Waals surface area contributed by atoms with Gasteiger partial charge < -0.3 is 4.90 Å². The topological polar surface area (TPSA) is 61.9 Å². The molecular formula is C10H11ClN4OS. The predicted molar refractivity (Wildman–Crippen MR) is 66.2 cm³/mol. The summed E-state index contributed by atoms with van der Waals surface area (Å²) < 4.78 is 0. The maximum atomic E-state index is 12.1. The van der Waals surface area contributed by atoms with Gasteiger partial charge in [-0.25, -0.2) is 4.98 Å². The van der Waals surface area contributed by atoms with Crippen molar-refractivity contribution >= 4 is 28.8 Å². The molecule has 0 fully saturated rings. The first-order valence-corrected chi connectivity index (χ1v) is 6.18. The van der Waals surface area contributed by atoms with Gasteiger partial charge in [0, 0.05) is 7.05 Å². The van der Waals surface area contributed by atoms with E-state index in [2.05, 4.69) is 15.2 Å².